The van der Waals surface area contributed by atoms with Gasteiger partial charge >= 0.3 is 0 Å². The van der Waals surface area contributed by atoms with Crippen LogP contribution in [0.5, 0.6) is 0 Å². The summed E-state index contributed by atoms with van der Waals surface area (Å²) < 4.78 is 5.89. The van der Waals surface area contributed by atoms with Crippen molar-refractivity contribution in [3.8, 4) is 0 Å². The van der Waals surface area contributed by atoms with E-state index in [1.165, 1.54) is 0 Å². The quantitative estimate of drug-likeness (QED) is 0.484. The van der Waals surface area contributed by atoms with Gasteiger partial charge in [-0.25, -0.2) is 0 Å². The van der Waals surface area contributed by atoms with Crippen LogP contribution in [0.25, 0.3) is 0 Å². The van der Waals surface area contributed by atoms with Gasteiger partial charge in [-0.05, 0) is 26.7 Å². The Balaban J connectivity index is 1.92. The lowest BCUT2D eigenvalue weighted by Gasteiger charge is -2.34. The first-order valence-electron chi connectivity index (χ1n) is 9.05. The first-order valence-corrected chi connectivity index (χ1v) is 9.05. The third kappa shape index (κ3) is 9.91. The van der Waals surface area contributed by atoms with Crippen molar-refractivity contribution in [1.29, 1.82) is 0 Å². The van der Waals surface area contributed by atoms with Gasteiger partial charge in [0.05, 0.1) is 19.3 Å². The maximum Gasteiger partial charge on any atom is 0.234 e. The maximum atomic E-state index is 11.6. The summed E-state index contributed by atoms with van der Waals surface area (Å²) in [4.78, 5) is 14.1. The number of carbonyl (C=O) groups excluding carboxylic acids is 1. The van der Waals surface area contributed by atoms with Crippen LogP contribution >= 0.6 is 0 Å². The Hall–Kier alpha value is -0.690. The molecule has 0 aromatic rings. The molecule has 6 nitrogen and oxygen atoms in total. The molecule has 1 heterocycles. The molecule has 0 unspecified atom stereocenters. The van der Waals surface area contributed by atoms with Crippen LogP contribution in [0.2, 0.25) is 0 Å². The molecule has 1 aliphatic heterocycles. The van der Waals surface area contributed by atoms with Crippen LogP contribution in [-0.2, 0) is 9.53 Å². The summed E-state index contributed by atoms with van der Waals surface area (Å²) in [5.74, 6) is 0.0424. The predicted molar refractivity (Wildman–Crippen MR) is 94.7 cm³/mol. The molecule has 136 valence electrons. The lowest BCUT2D eigenvalue weighted by Crippen LogP contribution is -2.42. The van der Waals surface area contributed by atoms with Gasteiger partial charge < -0.3 is 25.6 Å². The molecule has 0 aliphatic carbocycles. The molecule has 0 radical (unpaired) electrons. The summed E-state index contributed by atoms with van der Waals surface area (Å²) >= 11 is 0. The highest BCUT2D eigenvalue weighted by Crippen LogP contribution is 2.15. The molecule has 3 N–H and O–H groups in total. The third-order valence-corrected chi connectivity index (χ3v) is 4.12. The smallest absolute Gasteiger partial charge is 0.234 e. The van der Waals surface area contributed by atoms with E-state index >= 15 is 0 Å². The molecule has 1 fully saturated rings. The topological polar surface area (TPSA) is 65.6 Å². The monoisotopic (exact) mass is 328 g/mol. The van der Waals surface area contributed by atoms with Crippen molar-refractivity contribution in [1.82, 2.24) is 20.9 Å². The number of likely N-dealkylation sites (tertiary alicyclic amines) is 1. The fraction of sp³-hybridized carbons (Fsp3) is 0.941. The number of rotatable bonds is 11. The number of nitrogens with one attached hydrogen (secondary N) is 3. The molecule has 0 saturated carbocycles. The van der Waals surface area contributed by atoms with E-state index in [0.29, 0.717) is 37.9 Å². The first-order chi connectivity index (χ1) is 11.0. The summed E-state index contributed by atoms with van der Waals surface area (Å²) in [6.45, 7) is 14.2. The van der Waals surface area contributed by atoms with Gasteiger partial charge in [0.1, 0.15) is 0 Å². The van der Waals surface area contributed by atoms with Crippen molar-refractivity contribution in [2.45, 2.75) is 58.7 Å². The number of ether oxygens (including phenoxy) is 1. The highest BCUT2D eigenvalue weighted by molar-refractivity contribution is 5.77. The summed E-state index contributed by atoms with van der Waals surface area (Å²) in [6.07, 6.45) is 2.60. The van der Waals surface area contributed by atoms with E-state index < -0.39 is 0 Å². The average Bonchev–Trinajstić information content (AvgIpc) is 2.51. The van der Waals surface area contributed by atoms with E-state index in [0.717, 1.165) is 39.0 Å². The van der Waals surface area contributed by atoms with Crippen LogP contribution in [0, 0.1) is 0 Å². The minimum Gasteiger partial charge on any atom is -0.377 e. The number of nitrogens with zero attached hydrogens (tertiary/aromatic N) is 1. The molecule has 0 bridgehead atoms. The lowest BCUT2D eigenvalue weighted by molar-refractivity contribution is -0.120. The second kappa shape index (κ2) is 11.8. The van der Waals surface area contributed by atoms with Gasteiger partial charge in [0.2, 0.25) is 5.91 Å². The zero-order valence-corrected chi connectivity index (χ0v) is 15.4. The normalized spacial score (nSPS) is 17.1. The Bertz CT molecular complexity index is 316. The standard InChI is InChI=1S/C17H36N4O2/c1-14(2)19-7-8-20-17(22)13-18-9-12-23-16-5-10-21(11-6-16)15(3)4/h14-16,18-19H,5-13H2,1-4H3,(H,20,22). The van der Waals surface area contributed by atoms with E-state index in [9.17, 15) is 4.79 Å². The number of hydrogen-bond acceptors (Lipinski definition) is 5. The van der Waals surface area contributed by atoms with Crippen molar-refractivity contribution in [2.24, 2.45) is 0 Å². The van der Waals surface area contributed by atoms with E-state index in [-0.39, 0.29) is 5.91 Å². The predicted octanol–water partition coefficient (Wildman–Crippen LogP) is 0.580. The Labute approximate surface area is 141 Å². The van der Waals surface area contributed by atoms with Gasteiger partial charge in [0.15, 0.2) is 0 Å². The highest BCUT2D eigenvalue weighted by atomic mass is 16.5. The fourth-order valence-corrected chi connectivity index (χ4v) is 2.68. The Morgan fingerprint density at radius 3 is 2.43 bits per heavy atom. The minimum absolute atomic E-state index is 0.0424. The fourth-order valence-electron chi connectivity index (χ4n) is 2.68. The molecule has 6 heteroatoms. The van der Waals surface area contributed by atoms with E-state index in [1.807, 2.05) is 0 Å². The second-order valence-electron chi connectivity index (χ2n) is 6.84. The molecular weight excluding hydrogens is 292 g/mol. The van der Waals surface area contributed by atoms with Crippen molar-refractivity contribution in [2.75, 3.05) is 45.9 Å². The summed E-state index contributed by atoms with van der Waals surface area (Å²) in [7, 11) is 0. The van der Waals surface area contributed by atoms with Gasteiger partial charge in [-0.15, -0.1) is 0 Å². The zero-order chi connectivity index (χ0) is 17.1. The van der Waals surface area contributed by atoms with Crippen molar-refractivity contribution < 1.29 is 9.53 Å². The molecule has 1 aliphatic rings. The molecule has 0 aromatic heterocycles. The van der Waals surface area contributed by atoms with Gasteiger partial charge in [-0.3, -0.25) is 4.79 Å². The van der Waals surface area contributed by atoms with E-state index in [1.54, 1.807) is 0 Å². The lowest BCUT2D eigenvalue weighted by atomic mass is 10.1. The largest absolute Gasteiger partial charge is 0.377 e. The number of carbonyl (C=O) groups is 1. The van der Waals surface area contributed by atoms with Crippen molar-refractivity contribution in [3.63, 3.8) is 0 Å². The first kappa shape index (κ1) is 20.4. The molecular formula is C17H36N4O2. The molecule has 0 aromatic carbocycles. The molecule has 1 saturated heterocycles. The van der Waals surface area contributed by atoms with Gasteiger partial charge in [0.25, 0.3) is 0 Å². The minimum atomic E-state index is 0.0424. The van der Waals surface area contributed by atoms with E-state index in [2.05, 4.69) is 48.5 Å². The van der Waals surface area contributed by atoms with Crippen molar-refractivity contribution in [3.05, 3.63) is 0 Å². The highest BCUT2D eigenvalue weighted by Gasteiger charge is 2.20. The second-order valence-corrected chi connectivity index (χ2v) is 6.84. The van der Waals surface area contributed by atoms with Gasteiger partial charge in [0, 0.05) is 44.8 Å². The maximum absolute atomic E-state index is 11.6. The zero-order valence-electron chi connectivity index (χ0n) is 15.4. The summed E-state index contributed by atoms with van der Waals surface area (Å²) in [5, 5.41) is 9.28. The van der Waals surface area contributed by atoms with Crippen LogP contribution in [0.3, 0.4) is 0 Å². The van der Waals surface area contributed by atoms with Crippen LogP contribution in [0.15, 0.2) is 0 Å². The summed E-state index contributed by atoms with van der Waals surface area (Å²) in [6, 6.07) is 1.08. The molecule has 1 rings (SSSR count). The Morgan fingerprint density at radius 1 is 1.13 bits per heavy atom. The van der Waals surface area contributed by atoms with E-state index in [4.69, 9.17) is 4.74 Å². The van der Waals surface area contributed by atoms with Crippen LogP contribution in [-0.4, -0.2) is 74.9 Å². The molecule has 0 spiro atoms. The summed E-state index contributed by atoms with van der Waals surface area (Å²) in [5.41, 5.74) is 0. The van der Waals surface area contributed by atoms with Gasteiger partial charge in [-0.2, -0.15) is 0 Å². The number of hydrogen-bond donors (Lipinski definition) is 3. The molecule has 0 atom stereocenters. The van der Waals surface area contributed by atoms with Crippen molar-refractivity contribution >= 4 is 5.91 Å². The Kier molecular flexibility index (Phi) is 10.4. The third-order valence-electron chi connectivity index (χ3n) is 4.12. The Morgan fingerprint density at radius 2 is 1.83 bits per heavy atom. The molecule has 23 heavy (non-hydrogen) atoms. The number of piperidine rings is 1. The van der Waals surface area contributed by atoms with Crippen LogP contribution in [0.4, 0.5) is 0 Å². The average molecular weight is 329 g/mol. The van der Waals surface area contributed by atoms with Gasteiger partial charge in [-0.1, -0.05) is 13.8 Å². The van der Waals surface area contributed by atoms with Crippen LogP contribution < -0.4 is 16.0 Å². The number of amides is 1. The molecule has 1 amide bonds. The SMILES string of the molecule is CC(C)NCCNC(=O)CNCCOC1CCN(C(C)C)CC1. The van der Waals surface area contributed by atoms with Crippen LogP contribution in [0.1, 0.15) is 40.5 Å².